The second-order valence-electron chi connectivity index (χ2n) is 6.06. The summed E-state index contributed by atoms with van der Waals surface area (Å²) in [6.07, 6.45) is 8.61. The first-order chi connectivity index (χ1) is 9.33. The lowest BCUT2D eigenvalue weighted by atomic mass is 9.84. The Labute approximate surface area is 124 Å². The Hall–Kier alpha value is -1.42. The molecule has 1 fully saturated rings. The third kappa shape index (κ3) is 4.93. The second-order valence-corrected chi connectivity index (χ2v) is 6.06. The summed E-state index contributed by atoms with van der Waals surface area (Å²) in [7, 11) is 14.1. The monoisotopic (exact) mass is 279 g/mol. The van der Waals surface area contributed by atoms with E-state index in [1.54, 1.807) is 7.11 Å². The molecular weight excluding hydrogens is 250 g/mol. The number of ether oxygens (including phenoxy) is 1. The molecule has 1 aliphatic carbocycles. The van der Waals surface area contributed by atoms with E-state index >= 15 is 0 Å². The molecule has 0 spiro atoms. The number of nitrogens with zero attached hydrogens (tertiary/aromatic N) is 3. The Morgan fingerprint density at radius 2 is 1.20 bits per heavy atom. The summed E-state index contributed by atoms with van der Waals surface area (Å²) in [6, 6.07) is 0. The Kier molecular flexibility index (Phi) is 6.14. The molecule has 114 valence electrons. The second kappa shape index (κ2) is 7.39. The molecule has 4 nitrogen and oxygen atoms in total. The Bertz CT molecular complexity index is 376. The molecule has 0 heterocycles. The lowest BCUT2D eigenvalue weighted by Gasteiger charge is -2.31. The molecule has 1 unspecified atom stereocenters. The number of methoxy groups -OCH3 is 1. The Morgan fingerprint density at radius 3 is 1.50 bits per heavy atom. The van der Waals surface area contributed by atoms with Gasteiger partial charge in [0, 0.05) is 61.8 Å². The molecule has 4 heteroatoms. The Morgan fingerprint density at radius 1 is 0.800 bits per heavy atom. The molecule has 1 saturated carbocycles. The van der Waals surface area contributed by atoms with Gasteiger partial charge in [-0.1, -0.05) is 0 Å². The van der Waals surface area contributed by atoms with Crippen LogP contribution in [0.5, 0.6) is 0 Å². The van der Waals surface area contributed by atoms with Gasteiger partial charge in [-0.25, -0.2) is 0 Å². The molecule has 0 N–H and O–H groups in total. The fraction of sp³-hybridized carbons (Fsp3) is 0.625. The van der Waals surface area contributed by atoms with Crippen LogP contribution < -0.4 is 0 Å². The molecule has 1 rings (SSSR count). The lowest BCUT2D eigenvalue weighted by molar-refractivity contribution is 0.148. The van der Waals surface area contributed by atoms with E-state index in [0.717, 1.165) is 12.8 Å². The molecule has 1 aliphatic rings. The predicted octanol–water partition coefficient (Wildman–Crippen LogP) is 2.13. The molecule has 1 atom stereocenters. The van der Waals surface area contributed by atoms with Gasteiger partial charge in [0.2, 0.25) is 0 Å². The van der Waals surface area contributed by atoms with Crippen LogP contribution in [0.2, 0.25) is 0 Å². The molecule has 0 saturated heterocycles. The average molecular weight is 279 g/mol. The van der Waals surface area contributed by atoms with Gasteiger partial charge in [-0.15, -0.1) is 0 Å². The average Bonchev–Trinajstić information content (AvgIpc) is 2.26. The third-order valence-corrected chi connectivity index (χ3v) is 3.06. The normalized spacial score (nSPS) is 25.4. The van der Waals surface area contributed by atoms with Gasteiger partial charge < -0.3 is 19.4 Å². The van der Waals surface area contributed by atoms with Crippen molar-refractivity contribution >= 4 is 0 Å². The van der Waals surface area contributed by atoms with E-state index in [0.29, 0.717) is 0 Å². The maximum absolute atomic E-state index is 5.74. The van der Waals surface area contributed by atoms with E-state index in [4.69, 9.17) is 4.74 Å². The predicted molar refractivity (Wildman–Crippen MR) is 85.3 cm³/mol. The van der Waals surface area contributed by atoms with Gasteiger partial charge in [-0.3, -0.25) is 0 Å². The van der Waals surface area contributed by atoms with Crippen molar-refractivity contribution in [3.63, 3.8) is 0 Å². The van der Waals surface area contributed by atoms with Gasteiger partial charge in [0.1, 0.15) is 6.10 Å². The fourth-order valence-corrected chi connectivity index (χ4v) is 2.66. The minimum atomic E-state index is 0.0825. The van der Waals surface area contributed by atoms with Crippen LogP contribution in [0.1, 0.15) is 12.8 Å². The van der Waals surface area contributed by atoms with E-state index in [-0.39, 0.29) is 6.10 Å². The first kappa shape index (κ1) is 16.6. The number of allylic oxidation sites excluding steroid dienone is 1. The SMILES string of the molecule is COC1/C(=C\N(C)C)CC(=CN(C)C)C/C1=C\N(C)C. The molecule has 0 aliphatic heterocycles. The van der Waals surface area contributed by atoms with Crippen LogP contribution in [0.15, 0.2) is 35.3 Å². The molecule has 0 aromatic heterocycles. The maximum atomic E-state index is 5.74. The van der Waals surface area contributed by atoms with Crippen LogP contribution in [-0.4, -0.2) is 70.2 Å². The van der Waals surface area contributed by atoms with Crippen molar-refractivity contribution in [3.8, 4) is 0 Å². The van der Waals surface area contributed by atoms with Gasteiger partial charge in [0.15, 0.2) is 0 Å². The van der Waals surface area contributed by atoms with Crippen LogP contribution in [0.4, 0.5) is 0 Å². The summed E-state index contributed by atoms with van der Waals surface area (Å²) in [5.41, 5.74) is 4.04. The summed E-state index contributed by atoms with van der Waals surface area (Å²) in [5.74, 6) is 0. The summed E-state index contributed by atoms with van der Waals surface area (Å²) < 4.78 is 5.74. The van der Waals surface area contributed by atoms with Crippen LogP contribution in [0.3, 0.4) is 0 Å². The van der Waals surface area contributed by atoms with E-state index in [1.807, 2.05) is 0 Å². The highest BCUT2D eigenvalue weighted by Crippen LogP contribution is 2.34. The smallest absolute Gasteiger partial charge is 0.103 e. The molecule has 0 amide bonds. The minimum absolute atomic E-state index is 0.0825. The van der Waals surface area contributed by atoms with Gasteiger partial charge in [-0.2, -0.15) is 0 Å². The molecule has 0 aromatic carbocycles. The van der Waals surface area contributed by atoms with Gasteiger partial charge in [0.05, 0.1) is 0 Å². The van der Waals surface area contributed by atoms with Crippen LogP contribution in [-0.2, 0) is 4.74 Å². The molecule has 0 radical (unpaired) electrons. The van der Waals surface area contributed by atoms with Crippen molar-refractivity contribution in [3.05, 3.63) is 35.3 Å². The highest BCUT2D eigenvalue weighted by Gasteiger charge is 2.26. The summed E-state index contributed by atoms with van der Waals surface area (Å²) in [6.45, 7) is 0. The van der Waals surface area contributed by atoms with Gasteiger partial charge >= 0.3 is 0 Å². The highest BCUT2D eigenvalue weighted by molar-refractivity contribution is 5.36. The molecule has 0 aromatic rings. The van der Waals surface area contributed by atoms with Crippen LogP contribution in [0, 0.1) is 0 Å². The van der Waals surface area contributed by atoms with Crippen molar-refractivity contribution in [2.45, 2.75) is 18.9 Å². The topological polar surface area (TPSA) is 19.0 Å². The van der Waals surface area contributed by atoms with E-state index in [9.17, 15) is 0 Å². The first-order valence-corrected chi connectivity index (χ1v) is 6.96. The summed E-state index contributed by atoms with van der Waals surface area (Å²) >= 11 is 0. The largest absolute Gasteiger partial charge is 0.384 e. The third-order valence-electron chi connectivity index (χ3n) is 3.06. The highest BCUT2D eigenvalue weighted by atomic mass is 16.5. The lowest BCUT2D eigenvalue weighted by Crippen LogP contribution is -2.26. The van der Waals surface area contributed by atoms with Crippen molar-refractivity contribution in [1.29, 1.82) is 0 Å². The molecule has 0 bridgehead atoms. The van der Waals surface area contributed by atoms with Crippen molar-refractivity contribution in [2.75, 3.05) is 49.4 Å². The number of rotatable bonds is 4. The van der Waals surface area contributed by atoms with Crippen molar-refractivity contribution < 1.29 is 4.74 Å². The zero-order valence-corrected chi connectivity index (χ0v) is 14.0. The summed E-state index contributed by atoms with van der Waals surface area (Å²) in [5, 5.41) is 0. The summed E-state index contributed by atoms with van der Waals surface area (Å²) in [4.78, 5) is 6.30. The van der Waals surface area contributed by atoms with E-state index in [2.05, 4.69) is 75.6 Å². The quantitative estimate of drug-likeness (QED) is 0.784. The van der Waals surface area contributed by atoms with Crippen LogP contribution >= 0.6 is 0 Å². The standard InChI is InChI=1S/C16H29N3O/c1-17(2)10-13-8-14(11-18(3)4)16(20-7)15(9-13)12-19(5)6/h10-12,16H,8-9H2,1-7H3/b13-10?,14-11-,15-12+. The number of hydrogen-bond acceptors (Lipinski definition) is 4. The maximum Gasteiger partial charge on any atom is 0.103 e. The zero-order chi connectivity index (χ0) is 15.3. The van der Waals surface area contributed by atoms with E-state index < -0.39 is 0 Å². The van der Waals surface area contributed by atoms with Crippen LogP contribution in [0.25, 0.3) is 0 Å². The zero-order valence-electron chi connectivity index (χ0n) is 14.0. The van der Waals surface area contributed by atoms with Crippen molar-refractivity contribution in [1.82, 2.24) is 14.7 Å². The molecule has 20 heavy (non-hydrogen) atoms. The number of hydrogen-bond donors (Lipinski definition) is 0. The first-order valence-electron chi connectivity index (χ1n) is 6.96. The van der Waals surface area contributed by atoms with E-state index in [1.165, 1.54) is 16.7 Å². The molecular formula is C16H29N3O. The fourth-order valence-electron chi connectivity index (χ4n) is 2.66. The van der Waals surface area contributed by atoms with Gasteiger partial charge in [0.25, 0.3) is 0 Å². The van der Waals surface area contributed by atoms with Crippen molar-refractivity contribution in [2.24, 2.45) is 0 Å². The minimum Gasteiger partial charge on any atom is -0.384 e. The van der Waals surface area contributed by atoms with Gasteiger partial charge in [-0.05, 0) is 35.8 Å². The Balaban J connectivity index is 3.16.